The number of ether oxygens (including phenoxy) is 1. The van der Waals surface area contributed by atoms with Crippen molar-refractivity contribution < 1.29 is 9.53 Å². The van der Waals surface area contributed by atoms with E-state index in [9.17, 15) is 4.79 Å². The Kier molecular flexibility index (Phi) is 6.01. The number of hydrogen-bond acceptors (Lipinski definition) is 2. The minimum atomic E-state index is -0.378. The highest BCUT2D eigenvalue weighted by Gasteiger charge is 2.06. The molecule has 0 unspecified atom stereocenters. The molecule has 0 heterocycles. The molecule has 0 fully saturated rings. The van der Waals surface area contributed by atoms with E-state index in [2.05, 4.69) is 47.2 Å². The van der Waals surface area contributed by atoms with Gasteiger partial charge in [0, 0.05) is 11.0 Å². The molecule has 4 heteroatoms. The third-order valence-corrected chi connectivity index (χ3v) is 3.98. The van der Waals surface area contributed by atoms with Crippen LogP contribution in [-0.2, 0) is 17.8 Å². The SMILES string of the molecule is Cc1cc(Br)cc(C)c1CCNC(=O)OCc1ccccc1. The van der Waals surface area contributed by atoms with Crippen LogP contribution in [0.15, 0.2) is 46.9 Å². The average molecular weight is 362 g/mol. The normalized spacial score (nSPS) is 10.3. The van der Waals surface area contributed by atoms with Crippen molar-refractivity contribution in [3.63, 3.8) is 0 Å². The zero-order valence-electron chi connectivity index (χ0n) is 12.9. The van der Waals surface area contributed by atoms with E-state index in [0.29, 0.717) is 13.2 Å². The molecule has 0 radical (unpaired) electrons. The van der Waals surface area contributed by atoms with Crippen molar-refractivity contribution in [2.75, 3.05) is 6.54 Å². The number of benzene rings is 2. The van der Waals surface area contributed by atoms with Crippen LogP contribution in [0.5, 0.6) is 0 Å². The van der Waals surface area contributed by atoms with Gasteiger partial charge < -0.3 is 10.1 Å². The standard InChI is InChI=1S/C18H20BrNO2/c1-13-10-16(19)11-14(2)17(13)8-9-20-18(21)22-12-15-6-4-3-5-7-15/h3-7,10-11H,8-9,12H2,1-2H3,(H,20,21). The number of halogens is 1. The molecule has 22 heavy (non-hydrogen) atoms. The molecule has 3 nitrogen and oxygen atoms in total. The lowest BCUT2D eigenvalue weighted by Crippen LogP contribution is -2.26. The zero-order chi connectivity index (χ0) is 15.9. The lowest BCUT2D eigenvalue weighted by Gasteiger charge is -2.12. The first kappa shape index (κ1) is 16.6. The van der Waals surface area contributed by atoms with Crippen molar-refractivity contribution in [1.82, 2.24) is 5.32 Å². The molecule has 0 aliphatic rings. The minimum Gasteiger partial charge on any atom is -0.445 e. The third-order valence-electron chi connectivity index (χ3n) is 3.52. The maximum Gasteiger partial charge on any atom is 0.407 e. The van der Waals surface area contributed by atoms with Gasteiger partial charge in [0.1, 0.15) is 6.61 Å². The van der Waals surface area contributed by atoms with Crippen LogP contribution in [0.2, 0.25) is 0 Å². The minimum absolute atomic E-state index is 0.295. The van der Waals surface area contributed by atoms with Crippen molar-refractivity contribution in [3.05, 3.63) is 69.2 Å². The average Bonchev–Trinajstić information content (AvgIpc) is 2.49. The van der Waals surface area contributed by atoms with Gasteiger partial charge in [-0.05, 0) is 54.7 Å². The number of carbonyl (C=O) groups excluding carboxylic acids is 1. The highest BCUT2D eigenvalue weighted by molar-refractivity contribution is 9.10. The Bertz CT molecular complexity index is 618. The predicted molar refractivity (Wildman–Crippen MR) is 91.9 cm³/mol. The van der Waals surface area contributed by atoms with Gasteiger partial charge >= 0.3 is 6.09 Å². The van der Waals surface area contributed by atoms with Gasteiger partial charge in [-0.2, -0.15) is 0 Å². The van der Waals surface area contributed by atoms with Crippen LogP contribution in [0.3, 0.4) is 0 Å². The van der Waals surface area contributed by atoms with E-state index in [1.54, 1.807) is 0 Å². The second-order valence-corrected chi connectivity index (χ2v) is 6.17. The maximum absolute atomic E-state index is 11.7. The number of hydrogen-bond donors (Lipinski definition) is 1. The molecular formula is C18H20BrNO2. The molecule has 1 amide bonds. The van der Waals surface area contributed by atoms with Gasteiger partial charge in [-0.1, -0.05) is 46.3 Å². The summed E-state index contributed by atoms with van der Waals surface area (Å²) in [6, 6.07) is 13.8. The van der Waals surface area contributed by atoms with E-state index in [0.717, 1.165) is 16.5 Å². The number of carbonyl (C=O) groups is 1. The third kappa shape index (κ3) is 4.88. The Morgan fingerprint density at radius 2 is 1.77 bits per heavy atom. The molecule has 0 saturated heterocycles. The number of rotatable bonds is 5. The maximum atomic E-state index is 11.7. The second-order valence-electron chi connectivity index (χ2n) is 5.26. The summed E-state index contributed by atoms with van der Waals surface area (Å²) in [7, 11) is 0. The quantitative estimate of drug-likeness (QED) is 0.848. The van der Waals surface area contributed by atoms with E-state index >= 15 is 0 Å². The molecular weight excluding hydrogens is 342 g/mol. The molecule has 0 saturated carbocycles. The van der Waals surface area contributed by atoms with Gasteiger partial charge in [0.2, 0.25) is 0 Å². The van der Waals surface area contributed by atoms with Gasteiger partial charge in [0.25, 0.3) is 0 Å². The van der Waals surface area contributed by atoms with Gasteiger partial charge in [0.05, 0.1) is 0 Å². The fourth-order valence-corrected chi connectivity index (χ4v) is 3.09. The van der Waals surface area contributed by atoms with Crippen LogP contribution >= 0.6 is 15.9 Å². The topological polar surface area (TPSA) is 38.3 Å². The van der Waals surface area contributed by atoms with Crippen molar-refractivity contribution in [1.29, 1.82) is 0 Å². The number of nitrogens with one attached hydrogen (secondary N) is 1. The van der Waals surface area contributed by atoms with E-state index < -0.39 is 0 Å². The van der Waals surface area contributed by atoms with Crippen LogP contribution < -0.4 is 5.32 Å². The predicted octanol–water partition coefficient (Wildman–Crippen LogP) is 4.53. The first-order valence-corrected chi connectivity index (χ1v) is 8.05. The zero-order valence-corrected chi connectivity index (χ0v) is 14.4. The molecule has 0 atom stereocenters. The van der Waals surface area contributed by atoms with Crippen molar-refractivity contribution in [3.8, 4) is 0 Å². The van der Waals surface area contributed by atoms with Crippen LogP contribution in [-0.4, -0.2) is 12.6 Å². The molecule has 116 valence electrons. The van der Waals surface area contributed by atoms with Crippen molar-refractivity contribution in [2.45, 2.75) is 26.9 Å². The lowest BCUT2D eigenvalue weighted by atomic mass is 10.0. The Balaban J connectivity index is 1.78. The summed E-state index contributed by atoms with van der Waals surface area (Å²) in [5.74, 6) is 0. The Labute approximate surface area is 139 Å². The van der Waals surface area contributed by atoms with Crippen LogP contribution in [0.25, 0.3) is 0 Å². The van der Waals surface area contributed by atoms with Crippen molar-refractivity contribution in [2.24, 2.45) is 0 Å². The number of aryl methyl sites for hydroxylation is 2. The van der Waals surface area contributed by atoms with Gasteiger partial charge in [-0.3, -0.25) is 0 Å². The Morgan fingerprint density at radius 1 is 1.14 bits per heavy atom. The Morgan fingerprint density at radius 3 is 2.41 bits per heavy atom. The van der Waals surface area contributed by atoms with E-state index in [1.165, 1.54) is 16.7 Å². The monoisotopic (exact) mass is 361 g/mol. The van der Waals surface area contributed by atoms with Crippen molar-refractivity contribution >= 4 is 22.0 Å². The first-order valence-electron chi connectivity index (χ1n) is 7.26. The summed E-state index contributed by atoms with van der Waals surface area (Å²) < 4.78 is 6.27. The van der Waals surface area contributed by atoms with Gasteiger partial charge in [-0.25, -0.2) is 4.79 Å². The lowest BCUT2D eigenvalue weighted by molar-refractivity contribution is 0.140. The van der Waals surface area contributed by atoms with E-state index in [4.69, 9.17) is 4.74 Å². The molecule has 0 spiro atoms. The summed E-state index contributed by atoms with van der Waals surface area (Å²) >= 11 is 3.49. The molecule has 2 rings (SSSR count). The fourth-order valence-electron chi connectivity index (χ4n) is 2.40. The highest BCUT2D eigenvalue weighted by Crippen LogP contribution is 2.20. The summed E-state index contributed by atoms with van der Waals surface area (Å²) in [5.41, 5.74) is 4.71. The molecule has 0 aromatic heterocycles. The van der Waals surface area contributed by atoms with E-state index in [1.807, 2.05) is 30.3 Å². The highest BCUT2D eigenvalue weighted by atomic mass is 79.9. The fraction of sp³-hybridized carbons (Fsp3) is 0.278. The largest absolute Gasteiger partial charge is 0.445 e. The van der Waals surface area contributed by atoms with Crippen LogP contribution in [0.4, 0.5) is 4.79 Å². The second kappa shape index (κ2) is 7.99. The molecule has 0 aliphatic heterocycles. The molecule has 0 bridgehead atoms. The Hall–Kier alpha value is -1.81. The molecule has 1 N–H and O–H groups in total. The molecule has 2 aromatic carbocycles. The van der Waals surface area contributed by atoms with E-state index in [-0.39, 0.29) is 6.09 Å². The van der Waals surface area contributed by atoms with Crippen LogP contribution in [0, 0.1) is 13.8 Å². The number of alkyl carbamates (subject to hydrolysis) is 1. The van der Waals surface area contributed by atoms with Crippen LogP contribution in [0.1, 0.15) is 22.3 Å². The summed E-state index contributed by atoms with van der Waals surface area (Å²) in [6.07, 6.45) is 0.419. The first-order chi connectivity index (χ1) is 10.6. The molecule has 0 aliphatic carbocycles. The van der Waals surface area contributed by atoms with Gasteiger partial charge in [-0.15, -0.1) is 0 Å². The summed E-state index contributed by atoms with van der Waals surface area (Å²) in [6.45, 7) is 5.03. The van der Waals surface area contributed by atoms with Gasteiger partial charge in [0.15, 0.2) is 0 Å². The summed E-state index contributed by atoms with van der Waals surface area (Å²) in [4.78, 5) is 11.7. The molecule has 2 aromatic rings. The summed E-state index contributed by atoms with van der Waals surface area (Å²) in [5, 5.41) is 2.80. The smallest absolute Gasteiger partial charge is 0.407 e. The number of amides is 1.